The van der Waals surface area contributed by atoms with E-state index in [2.05, 4.69) is 48.0 Å². The van der Waals surface area contributed by atoms with Gasteiger partial charge in [-0.25, -0.2) is 0 Å². The van der Waals surface area contributed by atoms with Gasteiger partial charge in [-0.2, -0.15) is 0 Å². The van der Waals surface area contributed by atoms with Crippen LogP contribution in [-0.4, -0.2) is 55.4 Å². The van der Waals surface area contributed by atoms with Gasteiger partial charge < -0.3 is 4.90 Å². The van der Waals surface area contributed by atoms with Gasteiger partial charge in [-0.15, -0.1) is 0 Å². The third kappa shape index (κ3) is 3.17. The summed E-state index contributed by atoms with van der Waals surface area (Å²) >= 11 is 0. The van der Waals surface area contributed by atoms with Crippen molar-refractivity contribution in [1.82, 2.24) is 9.80 Å². The maximum absolute atomic E-state index is 4.57. The van der Waals surface area contributed by atoms with E-state index in [4.69, 9.17) is 0 Å². The zero-order valence-electron chi connectivity index (χ0n) is 11.4. The molecule has 96 valence electrons. The maximum Gasteiger partial charge on any atom is 0.129 e. The minimum Gasteiger partial charge on any atom is -0.309 e. The Morgan fingerprint density at radius 3 is 2.59 bits per heavy atom. The maximum atomic E-state index is 4.57. The molecule has 0 radical (unpaired) electrons. The molecule has 0 aliphatic carbocycles. The van der Waals surface area contributed by atoms with Crippen LogP contribution >= 0.6 is 0 Å². The van der Waals surface area contributed by atoms with E-state index in [9.17, 15) is 0 Å². The quantitative estimate of drug-likeness (QED) is 0.742. The van der Waals surface area contributed by atoms with Gasteiger partial charge in [-0.1, -0.05) is 0 Å². The minimum atomic E-state index is -0.0491. The Morgan fingerprint density at radius 2 is 2.06 bits per heavy atom. The van der Waals surface area contributed by atoms with E-state index in [1.807, 2.05) is 6.21 Å². The van der Waals surface area contributed by atoms with Crippen LogP contribution in [0.5, 0.6) is 0 Å². The lowest BCUT2D eigenvalue weighted by Crippen LogP contribution is -2.47. The van der Waals surface area contributed by atoms with E-state index in [0.717, 1.165) is 5.92 Å². The fourth-order valence-corrected chi connectivity index (χ4v) is 2.76. The van der Waals surface area contributed by atoms with Crippen LogP contribution in [0.2, 0.25) is 0 Å². The fraction of sp³-hybridized carbons (Fsp3) is 0.786. The van der Waals surface area contributed by atoms with E-state index in [1.54, 1.807) is 0 Å². The molecular weight excluding hydrogens is 210 g/mol. The van der Waals surface area contributed by atoms with Crippen molar-refractivity contribution in [1.29, 1.82) is 0 Å². The summed E-state index contributed by atoms with van der Waals surface area (Å²) in [5.74, 6) is 0.909. The van der Waals surface area contributed by atoms with Gasteiger partial charge in [0.25, 0.3) is 0 Å². The third-order valence-electron chi connectivity index (χ3n) is 4.07. The van der Waals surface area contributed by atoms with Crippen LogP contribution in [0.15, 0.2) is 17.1 Å². The molecule has 0 N–H and O–H groups in total. The van der Waals surface area contributed by atoms with Crippen molar-refractivity contribution in [3.8, 4) is 0 Å². The highest BCUT2D eigenvalue weighted by Gasteiger charge is 2.32. The topological polar surface area (TPSA) is 18.8 Å². The zero-order chi connectivity index (χ0) is 12.3. The number of likely N-dealkylation sites (tertiary alicyclic amines) is 1. The standard InChI is InChI=1S/C14H25N3/c1-14(8-4-9-15-14)17-11-6-13(7-12-17)5-10-16(2)3/h4,8-9,13H,5-7,10-12H2,1-3H3. The molecule has 17 heavy (non-hydrogen) atoms. The van der Waals surface area contributed by atoms with Crippen LogP contribution in [-0.2, 0) is 0 Å². The SMILES string of the molecule is CN(C)CCC1CCN(C2(C)C=CC=N2)CC1. The summed E-state index contributed by atoms with van der Waals surface area (Å²) in [5.41, 5.74) is -0.0491. The molecule has 1 saturated heterocycles. The van der Waals surface area contributed by atoms with Gasteiger partial charge in [0.1, 0.15) is 5.66 Å². The zero-order valence-corrected chi connectivity index (χ0v) is 11.4. The Morgan fingerprint density at radius 1 is 1.35 bits per heavy atom. The van der Waals surface area contributed by atoms with E-state index in [-0.39, 0.29) is 5.66 Å². The first-order chi connectivity index (χ1) is 8.10. The number of aliphatic imine (C=N–C) groups is 1. The molecule has 2 aliphatic heterocycles. The third-order valence-corrected chi connectivity index (χ3v) is 4.07. The Labute approximate surface area is 105 Å². The molecule has 0 amide bonds. The van der Waals surface area contributed by atoms with Crippen molar-refractivity contribution < 1.29 is 0 Å². The lowest BCUT2D eigenvalue weighted by atomic mass is 9.92. The molecule has 0 bridgehead atoms. The summed E-state index contributed by atoms with van der Waals surface area (Å²) in [6.45, 7) is 5.82. The normalized spacial score (nSPS) is 30.6. The monoisotopic (exact) mass is 235 g/mol. The van der Waals surface area contributed by atoms with E-state index in [0.29, 0.717) is 0 Å². The first-order valence-corrected chi connectivity index (χ1v) is 6.73. The van der Waals surface area contributed by atoms with Crippen molar-refractivity contribution in [3.05, 3.63) is 12.2 Å². The first-order valence-electron chi connectivity index (χ1n) is 6.73. The summed E-state index contributed by atoms with van der Waals surface area (Å²) in [7, 11) is 4.32. The molecule has 1 atom stereocenters. The highest BCUT2D eigenvalue weighted by molar-refractivity contribution is 5.75. The minimum absolute atomic E-state index is 0.0491. The molecule has 1 fully saturated rings. The van der Waals surface area contributed by atoms with Crippen molar-refractivity contribution in [3.63, 3.8) is 0 Å². The number of hydrogen-bond acceptors (Lipinski definition) is 3. The molecule has 0 aromatic rings. The average molecular weight is 235 g/mol. The van der Waals surface area contributed by atoms with Gasteiger partial charge in [0.15, 0.2) is 0 Å². The Bertz CT molecular complexity index is 287. The molecular formula is C14H25N3. The number of nitrogens with zero attached hydrogens (tertiary/aromatic N) is 3. The lowest BCUT2D eigenvalue weighted by molar-refractivity contribution is 0.0970. The van der Waals surface area contributed by atoms with Crippen LogP contribution in [0.1, 0.15) is 26.2 Å². The number of allylic oxidation sites excluding steroid dienone is 1. The largest absolute Gasteiger partial charge is 0.309 e. The van der Waals surface area contributed by atoms with Gasteiger partial charge in [-0.05, 0) is 64.9 Å². The molecule has 1 unspecified atom stereocenters. The van der Waals surface area contributed by atoms with Crippen LogP contribution < -0.4 is 0 Å². The molecule has 0 aromatic carbocycles. The van der Waals surface area contributed by atoms with E-state index < -0.39 is 0 Å². The predicted molar refractivity (Wildman–Crippen MR) is 73.5 cm³/mol. The molecule has 0 aromatic heterocycles. The Hall–Kier alpha value is -0.670. The second-order valence-electron chi connectivity index (χ2n) is 5.75. The molecule has 3 heteroatoms. The molecule has 2 rings (SSSR count). The second kappa shape index (κ2) is 5.32. The summed E-state index contributed by atoms with van der Waals surface area (Å²) < 4.78 is 0. The Kier molecular flexibility index (Phi) is 4.00. The van der Waals surface area contributed by atoms with Crippen molar-refractivity contribution in [2.45, 2.75) is 31.8 Å². The van der Waals surface area contributed by atoms with Crippen molar-refractivity contribution in [2.75, 3.05) is 33.7 Å². The van der Waals surface area contributed by atoms with Crippen molar-refractivity contribution >= 4 is 6.21 Å². The molecule has 3 nitrogen and oxygen atoms in total. The highest BCUT2D eigenvalue weighted by Crippen LogP contribution is 2.29. The average Bonchev–Trinajstić information content (AvgIpc) is 2.75. The van der Waals surface area contributed by atoms with Crippen LogP contribution in [0.25, 0.3) is 0 Å². The summed E-state index contributed by atoms with van der Waals surface area (Å²) in [5, 5.41) is 0. The van der Waals surface area contributed by atoms with Gasteiger partial charge >= 0.3 is 0 Å². The Balaban J connectivity index is 1.78. The van der Waals surface area contributed by atoms with E-state index in [1.165, 1.54) is 38.9 Å². The molecule has 2 heterocycles. The fourth-order valence-electron chi connectivity index (χ4n) is 2.76. The molecule has 2 aliphatic rings. The summed E-state index contributed by atoms with van der Waals surface area (Å²) in [6.07, 6.45) is 10.2. The predicted octanol–water partition coefficient (Wildman–Crippen LogP) is 2.01. The smallest absolute Gasteiger partial charge is 0.129 e. The molecule has 0 saturated carbocycles. The van der Waals surface area contributed by atoms with Crippen LogP contribution in [0, 0.1) is 5.92 Å². The summed E-state index contributed by atoms with van der Waals surface area (Å²) in [4.78, 5) is 9.37. The lowest BCUT2D eigenvalue weighted by Gasteiger charge is -2.40. The van der Waals surface area contributed by atoms with Crippen LogP contribution in [0.3, 0.4) is 0 Å². The van der Waals surface area contributed by atoms with Crippen LogP contribution in [0.4, 0.5) is 0 Å². The molecule has 0 spiro atoms. The van der Waals surface area contributed by atoms with E-state index >= 15 is 0 Å². The second-order valence-corrected chi connectivity index (χ2v) is 5.75. The number of hydrogen-bond donors (Lipinski definition) is 0. The summed E-state index contributed by atoms with van der Waals surface area (Å²) in [6, 6.07) is 0. The van der Waals surface area contributed by atoms with Gasteiger partial charge in [0.05, 0.1) is 0 Å². The van der Waals surface area contributed by atoms with Gasteiger partial charge in [0, 0.05) is 19.3 Å². The highest BCUT2D eigenvalue weighted by atomic mass is 15.3. The van der Waals surface area contributed by atoms with Gasteiger partial charge in [-0.3, -0.25) is 9.89 Å². The van der Waals surface area contributed by atoms with Gasteiger partial charge in [0.2, 0.25) is 0 Å². The number of piperidine rings is 1. The van der Waals surface area contributed by atoms with Crippen molar-refractivity contribution in [2.24, 2.45) is 10.9 Å². The first kappa shape index (κ1) is 12.8. The number of rotatable bonds is 4.